The van der Waals surface area contributed by atoms with Crippen molar-refractivity contribution in [3.05, 3.63) is 35.4 Å². The molecule has 0 aromatic heterocycles. The second-order valence-electron chi connectivity index (χ2n) is 5.65. The summed E-state index contributed by atoms with van der Waals surface area (Å²) in [6.07, 6.45) is 0.310. The molecule has 1 aromatic rings. The number of nitrogens with one attached hydrogen (secondary N) is 1. The average molecular weight is 278 g/mol. The van der Waals surface area contributed by atoms with Crippen molar-refractivity contribution in [3.8, 4) is 0 Å². The van der Waals surface area contributed by atoms with Crippen molar-refractivity contribution in [2.24, 2.45) is 0 Å². The lowest BCUT2D eigenvalue weighted by Crippen LogP contribution is -2.35. The van der Waals surface area contributed by atoms with Crippen LogP contribution in [0.15, 0.2) is 24.3 Å². The largest absolute Gasteiger partial charge is 0.377 e. The SMILES string of the molecule is CCNC(CN(C)CCOC(C)C)c1ccccc1C. The lowest BCUT2D eigenvalue weighted by atomic mass is 10.0. The average Bonchev–Trinajstić information content (AvgIpc) is 2.38. The Labute approximate surface area is 124 Å². The zero-order valence-electron chi connectivity index (χ0n) is 13.6. The van der Waals surface area contributed by atoms with Crippen LogP contribution in [-0.4, -0.2) is 44.3 Å². The Morgan fingerprint density at radius 3 is 2.55 bits per heavy atom. The van der Waals surface area contributed by atoms with E-state index in [9.17, 15) is 0 Å². The van der Waals surface area contributed by atoms with Crippen molar-refractivity contribution in [2.75, 3.05) is 33.3 Å². The first kappa shape index (κ1) is 17.2. The molecule has 1 unspecified atom stereocenters. The molecular weight excluding hydrogens is 248 g/mol. The molecular formula is C17H30N2O. The zero-order valence-corrected chi connectivity index (χ0v) is 13.6. The molecule has 0 bridgehead atoms. The van der Waals surface area contributed by atoms with Crippen LogP contribution >= 0.6 is 0 Å². The molecule has 0 radical (unpaired) electrons. The Bertz CT molecular complexity index is 379. The first-order valence-electron chi connectivity index (χ1n) is 7.63. The summed E-state index contributed by atoms with van der Waals surface area (Å²) in [7, 11) is 2.16. The maximum atomic E-state index is 5.62. The lowest BCUT2D eigenvalue weighted by Gasteiger charge is -2.26. The van der Waals surface area contributed by atoms with E-state index in [4.69, 9.17) is 4.74 Å². The first-order valence-corrected chi connectivity index (χ1v) is 7.63. The molecule has 0 saturated carbocycles. The van der Waals surface area contributed by atoms with Crippen LogP contribution in [0.4, 0.5) is 0 Å². The van der Waals surface area contributed by atoms with Gasteiger partial charge in [-0.25, -0.2) is 0 Å². The number of nitrogens with zero attached hydrogens (tertiary/aromatic N) is 1. The van der Waals surface area contributed by atoms with E-state index in [1.54, 1.807) is 0 Å². The van der Waals surface area contributed by atoms with Crippen molar-refractivity contribution >= 4 is 0 Å². The third-order valence-corrected chi connectivity index (χ3v) is 3.43. The van der Waals surface area contributed by atoms with Crippen LogP contribution < -0.4 is 5.32 Å². The molecule has 0 aliphatic heterocycles. The molecule has 1 aromatic carbocycles. The molecule has 3 nitrogen and oxygen atoms in total. The molecule has 0 fully saturated rings. The molecule has 0 spiro atoms. The van der Waals surface area contributed by atoms with Gasteiger partial charge in [0.1, 0.15) is 0 Å². The van der Waals surface area contributed by atoms with Gasteiger partial charge in [0.15, 0.2) is 0 Å². The molecule has 0 amide bonds. The monoisotopic (exact) mass is 278 g/mol. The first-order chi connectivity index (χ1) is 9.54. The van der Waals surface area contributed by atoms with E-state index in [0.717, 1.165) is 26.2 Å². The molecule has 0 aliphatic rings. The molecule has 1 N–H and O–H groups in total. The number of hydrogen-bond donors (Lipinski definition) is 1. The minimum absolute atomic E-state index is 0.310. The second kappa shape index (κ2) is 9.11. The van der Waals surface area contributed by atoms with Crippen LogP contribution in [-0.2, 0) is 4.74 Å². The van der Waals surface area contributed by atoms with Gasteiger partial charge in [-0.3, -0.25) is 0 Å². The lowest BCUT2D eigenvalue weighted by molar-refractivity contribution is 0.0623. The van der Waals surface area contributed by atoms with Crippen LogP contribution in [0.3, 0.4) is 0 Å². The summed E-state index contributed by atoms with van der Waals surface area (Å²) in [6.45, 7) is 12.2. The minimum Gasteiger partial charge on any atom is -0.377 e. The molecule has 20 heavy (non-hydrogen) atoms. The van der Waals surface area contributed by atoms with E-state index >= 15 is 0 Å². The summed E-state index contributed by atoms with van der Waals surface area (Å²) in [5.41, 5.74) is 2.75. The molecule has 0 heterocycles. The normalized spacial score (nSPS) is 13.2. The van der Waals surface area contributed by atoms with Gasteiger partial charge in [-0.05, 0) is 45.5 Å². The molecule has 0 saturated heterocycles. The van der Waals surface area contributed by atoms with Crippen molar-refractivity contribution < 1.29 is 4.74 Å². The van der Waals surface area contributed by atoms with E-state index in [-0.39, 0.29) is 0 Å². The molecule has 1 atom stereocenters. The topological polar surface area (TPSA) is 24.5 Å². The van der Waals surface area contributed by atoms with Gasteiger partial charge >= 0.3 is 0 Å². The maximum Gasteiger partial charge on any atom is 0.0596 e. The highest BCUT2D eigenvalue weighted by molar-refractivity contribution is 5.29. The summed E-state index contributed by atoms with van der Waals surface area (Å²) in [4.78, 5) is 2.34. The highest BCUT2D eigenvalue weighted by atomic mass is 16.5. The molecule has 0 aliphatic carbocycles. The number of rotatable bonds is 9. The third kappa shape index (κ3) is 6.04. The van der Waals surface area contributed by atoms with Crippen LogP contribution in [0.2, 0.25) is 0 Å². The van der Waals surface area contributed by atoms with Crippen LogP contribution in [0.1, 0.15) is 37.9 Å². The van der Waals surface area contributed by atoms with Crippen LogP contribution in [0.25, 0.3) is 0 Å². The minimum atomic E-state index is 0.310. The van der Waals surface area contributed by atoms with Gasteiger partial charge in [0.05, 0.1) is 12.7 Å². The van der Waals surface area contributed by atoms with E-state index < -0.39 is 0 Å². The van der Waals surface area contributed by atoms with E-state index in [2.05, 4.69) is 69.2 Å². The second-order valence-corrected chi connectivity index (χ2v) is 5.65. The number of ether oxygens (including phenoxy) is 1. The Morgan fingerprint density at radius 1 is 1.25 bits per heavy atom. The number of likely N-dealkylation sites (N-methyl/N-ethyl adjacent to an activating group) is 2. The van der Waals surface area contributed by atoms with Crippen molar-refractivity contribution in [3.63, 3.8) is 0 Å². The molecule has 3 heteroatoms. The van der Waals surface area contributed by atoms with Crippen LogP contribution in [0.5, 0.6) is 0 Å². The fraction of sp³-hybridized carbons (Fsp3) is 0.647. The van der Waals surface area contributed by atoms with Gasteiger partial charge in [0, 0.05) is 19.1 Å². The van der Waals surface area contributed by atoms with E-state index in [1.165, 1.54) is 11.1 Å². The summed E-state index contributed by atoms with van der Waals surface area (Å²) < 4.78 is 5.62. The standard InChI is InChI=1S/C17H30N2O/c1-6-18-17(16-10-8-7-9-15(16)4)13-19(5)11-12-20-14(2)3/h7-10,14,17-18H,6,11-13H2,1-5H3. The van der Waals surface area contributed by atoms with Gasteiger partial charge in [-0.15, -0.1) is 0 Å². The maximum absolute atomic E-state index is 5.62. The van der Waals surface area contributed by atoms with Gasteiger partial charge < -0.3 is 15.0 Å². The van der Waals surface area contributed by atoms with Gasteiger partial charge in [-0.1, -0.05) is 31.2 Å². The Kier molecular flexibility index (Phi) is 7.82. The Hall–Kier alpha value is -0.900. The number of hydrogen-bond acceptors (Lipinski definition) is 3. The number of aryl methyl sites for hydroxylation is 1. The molecule has 114 valence electrons. The summed E-state index contributed by atoms with van der Waals surface area (Å²) in [6, 6.07) is 9.00. The summed E-state index contributed by atoms with van der Waals surface area (Å²) in [5, 5.41) is 3.59. The van der Waals surface area contributed by atoms with Crippen LogP contribution in [0, 0.1) is 6.92 Å². The fourth-order valence-electron chi connectivity index (χ4n) is 2.34. The zero-order chi connectivity index (χ0) is 15.0. The Balaban J connectivity index is 2.56. The molecule has 1 rings (SSSR count). The predicted molar refractivity (Wildman–Crippen MR) is 86.2 cm³/mol. The van der Waals surface area contributed by atoms with Gasteiger partial charge in [0.2, 0.25) is 0 Å². The van der Waals surface area contributed by atoms with Crippen molar-refractivity contribution in [1.82, 2.24) is 10.2 Å². The third-order valence-electron chi connectivity index (χ3n) is 3.43. The van der Waals surface area contributed by atoms with Crippen molar-refractivity contribution in [1.29, 1.82) is 0 Å². The highest BCUT2D eigenvalue weighted by Gasteiger charge is 2.14. The van der Waals surface area contributed by atoms with Crippen molar-refractivity contribution in [2.45, 2.75) is 39.8 Å². The predicted octanol–water partition coefficient (Wildman–Crippen LogP) is 3.00. The van der Waals surface area contributed by atoms with E-state index in [1.807, 2.05) is 0 Å². The number of benzene rings is 1. The fourth-order valence-corrected chi connectivity index (χ4v) is 2.34. The smallest absolute Gasteiger partial charge is 0.0596 e. The highest BCUT2D eigenvalue weighted by Crippen LogP contribution is 2.18. The Morgan fingerprint density at radius 2 is 1.95 bits per heavy atom. The van der Waals surface area contributed by atoms with Gasteiger partial charge in [0.25, 0.3) is 0 Å². The van der Waals surface area contributed by atoms with E-state index in [0.29, 0.717) is 12.1 Å². The summed E-state index contributed by atoms with van der Waals surface area (Å²) >= 11 is 0. The quantitative estimate of drug-likeness (QED) is 0.751. The van der Waals surface area contributed by atoms with Gasteiger partial charge in [-0.2, -0.15) is 0 Å². The summed E-state index contributed by atoms with van der Waals surface area (Å²) in [5.74, 6) is 0.